The van der Waals surface area contributed by atoms with Gasteiger partial charge in [-0.15, -0.1) is 0 Å². The summed E-state index contributed by atoms with van der Waals surface area (Å²) in [5.41, 5.74) is 1.04. The van der Waals surface area contributed by atoms with Gasteiger partial charge in [0, 0.05) is 18.7 Å². The molecule has 0 unspecified atom stereocenters. The Morgan fingerprint density at radius 1 is 1.38 bits per heavy atom. The Bertz CT molecular complexity index is 722. The van der Waals surface area contributed by atoms with E-state index >= 15 is 0 Å². The predicted octanol–water partition coefficient (Wildman–Crippen LogP) is 4.01. The number of carbonyl (C=O) groups is 1. The molecule has 2 aliphatic rings. The van der Waals surface area contributed by atoms with Gasteiger partial charge in [0.15, 0.2) is 0 Å². The summed E-state index contributed by atoms with van der Waals surface area (Å²) in [7, 11) is 1.68. The zero-order valence-corrected chi connectivity index (χ0v) is 13.0. The summed E-state index contributed by atoms with van der Waals surface area (Å²) >= 11 is 6.40. The van der Waals surface area contributed by atoms with Gasteiger partial charge in [-0.3, -0.25) is 9.69 Å². The minimum Gasteiger partial charge on any atom is -0.457 e. The maximum absolute atomic E-state index is 12.0. The Balaban J connectivity index is 1.85. The van der Waals surface area contributed by atoms with Gasteiger partial charge in [-0.2, -0.15) is 0 Å². The third-order valence-electron chi connectivity index (χ3n) is 3.17. The molecule has 3 nitrogen and oxygen atoms in total. The SMILES string of the molecule is CN1C(=O)/C(=C/c2ccc(C3=CCC=CC=C3)o2)SC1=S. The molecule has 0 spiro atoms. The maximum atomic E-state index is 12.0. The van der Waals surface area contributed by atoms with Crippen LogP contribution in [0.15, 0.2) is 51.8 Å². The van der Waals surface area contributed by atoms with Gasteiger partial charge >= 0.3 is 0 Å². The van der Waals surface area contributed by atoms with Crippen LogP contribution in [0.25, 0.3) is 11.6 Å². The van der Waals surface area contributed by atoms with Crippen LogP contribution >= 0.6 is 24.0 Å². The number of amides is 1. The summed E-state index contributed by atoms with van der Waals surface area (Å²) in [5.74, 6) is 1.37. The van der Waals surface area contributed by atoms with Crippen molar-refractivity contribution in [3.8, 4) is 0 Å². The fourth-order valence-corrected chi connectivity index (χ4v) is 3.18. The molecule has 1 aliphatic heterocycles. The molecule has 0 bridgehead atoms. The molecule has 1 aliphatic carbocycles. The van der Waals surface area contributed by atoms with E-state index in [0.717, 1.165) is 17.8 Å². The summed E-state index contributed by atoms with van der Waals surface area (Å²) in [6.07, 6.45) is 12.8. The predicted molar refractivity (Wildman–Crippen MR) is 90.5 cm³/mol. The van der Waals surface area contributed by atoms with E-state index in [9.17, 15) is 4.79 Å². The van der Waals surface area contributed by atoms with Crippen LogP contribution in [0.3, 0.4) is 0 Å². The molecule has 5 heteroatoms. The van der Waals surface area contributed by atoms with E-state index in [0.29, 0.717) is 15.0 Å². The number of nitrogens with zero attached hydrogens (tertiary/aromatic N) is 1. The summed E-state index contributed by atoms with van der Waals surface area (Å²) in [6.45, 7) is 0. The van der Waals surface area contributed by atoms with Crippen molar-refractivity contribution in [2.45, 2.75) is 6.42 Å². The van der Waals surface area contributed by atoms with Gasteiger partial charge in [0.05, 0.1) is 4.91 Å². The van der Waals surface area contributed by atoms with Crippen molar-refractivity contribution in [3.05, 3.63) is 58.9 Å². The van der Waals surface area contributed by atoms with Crippen LogP contribution in [-0.2, 0) is 4.79 Å². The van der Waals surface area contributed by atoms with Crippen LogP contribution in [0, 0.1) is 0 Å². The van der Waals surface area contributed by atoms with Crippen LogP contribution in [-0.4, -0.2) is 22.2 Å². The number of carbonyl (C=O) groups excluding carboxylic acids is 1. The molecule has 0 aromatic carbocycles. The molecule has 0 radical (unpaired) electrons. The lowest BCUT2D eigenvalue weighted by Gasteiger charge is -2.03. The third kappa shape index (κ3) is 2.94. The molecule has 1 fully saturated rings. The zero-order valence-electron chi connectivity index (χ0n) is 11.4. The first kappa shape index (κ1) is 14.1. The van der Waals surface area contributed by atoms with Crippen molar-refractivity contribution in [2.75, 3.05) is 7.05 Å². The highest BCUT2D eigenvalue weighted by molar-refractivity contribution is 8.26. The molecule has 2 heterocycles. The molecular weight excluding hydrogens is 302 g/mol. The number of thiocarbonyl (C=S) groups is 1. The number of hydrogen-bond donors (Lipinski definition) is 0. The Kier molecular flexibility index (Phi) is 3.94. The van der Waals surface area contributed by atoms with Crippen LogP contribution in [0.2, 0.25) is 0 Å². The van der Waals surface area contributed by atoms with Crippen molar-refractivity contribution in [1.82, 2.24) is 4.90 Å². The number of thioether (sulfide) groups is 1. The van der Waals surface area contributed by atoms with Gasteiger partial charge in [0.1, 0.15) is 15.8 Å². The van der Waals surface area contributed by atoms with Crippen molar-refractivity contribution in [3.63, 3.8) is 0 Å². The van der Waals surface area contributed by atoms with Gasteiger partial charge in [-0.25, -0.2) is 0 Å². The summed E-state index contributed by atoms with van der Waals surface area (Å²) in [4.78, 5) is 14.0. The minimum atomic E-state index is -0.0827. The summed E-state index contributed by atoms with van der Waals surface area (Å²) in [5, 5.41) is 0. The van der Waals surface area contributed by atoms with Crippen molar-refractivity contribution >= 4 is 45.9 Å². The van der Waals surface area contributed by atoms with Crippen LogP contribution < -0.4 is 0 Å². The zero-order chi connectivity index (χ0) is 14.8. The highest BCUT2D eigenvalue weighted by Crippen LogP contribution is 2.32. The Hall–Kier alpha value is -1.85. The number of likely N-dealkylation sites (N-methyl/N-ethyl adjacent to an activating group) is 1. The number of furan rings is 1. The van der Waals surface area contributed by atoms with E-state index in [2.05, 4.69) is 12.2 Å². The van der Waals surface area contributed by atoms with E-state index in [1.807, 2.05) is 30.4 Å². The number of allylic oxidation sites excluding steroid dienone is 6. The molecule has 0 atom stereocenters. The monoisotopic (exact) mass is 315 g/mol. The van der Waals surface area contributed by atoms with E-state index in [1.54, 1.807) is 13.1 Å². The van der Waals surface area contributed by atoms with E-state index in [1.165, 1.54) is 16.7 Å². The highest BCUT2D eigenvalue weighted by atomic mass is 32.2. The van der Waals surface area contributed by atoms with E-state index < -0.39 is 0 Å². The van der Waals surface area contributed by atoms with Crippen LogP contribution in [0.4, 0.5) is 0 Å². The molecule has 1 aromatic rings. The van der Waals surface area contributed by atoms with Crippen LogP contribution in [0.1, 0.15) is 17.9 Å². The Labute approximate surface area is 132 Å². The second kappa shape index (κ2) is 5.87. The Morgan fingerprint density at radius 2 is 2.24 bits per heavy atom. The first-order valence-corrected chi connectivity index (χ1v) is 7.73. The lowest BCUT2D eigenvalue weighted by molar-refractivity contribution is -0.121. The van der Waals surface area contributed by atoms with Gasteiger partial charge in [-0.05, 0) is 18.6 Å². The molecule has 0 N–H and O–H groups in total. The quantitative estimate of drug-likeness (QED) is 0.610. The number of rotatable bonds is 2. The topological polar surface area (TPSA) is 33.5 Å². The van der Waals surface area contributed by atoms with E-state index in [4.69, 9.17) is 16.6 Å². The normalized spacial score (nSPS) is 20.3. The van der Waals surface area contributed by atoms with Crippen molar-refractivity contribution in [2.24, 2.45) is 0 Å². The fraction of sp³-hybridized carbons (Fsp3) is 0.125. The number of hydrogen-bond acceptors (Lipinski definition) is 4. The highest BCUT2D eigenvalue weighted by Gasteiger charge is 2.28. The molecule has 3 rings (SSSR count). The van der Waals surface area contributed by atoms with Gasteiger partial charge in [-0.1, -0.05) is 54.4 Å². The maximum Gasteiger partial charge on any atom is 0.266 e. The first-order valence-electron chi connectivity index (χ1n) is 6.50. The third-order valence-corrected chi connectivity index (χ3v) is 4.65. The molecule has 21 heavy (non-hydrogen) atoms. The molecule has 106 valence electrons. The van der Waals surface area contributed by atoms with Crippen molar-refractivity contribution in [1.29, 1.82) is 0 Å². The fourth-order valence-electron chi connectivity index (χ4n) is 2.02. The largest absolute Gasteiger partial charge is 0.457 e. The molecule has 0 saturated carbocycles. The summed E-state index contributed by atoms with van der Waals surface area (Å²) in [6, 6.07) is 3.78. The van der Waals surface area contributed by atoms with Gasteiger partial charge in [0.2, 0.25) is 0 Å². The smallest absolute Gasteiger partial charge is 0.266 e. The lowest BCUT2D eigenvalue weighted by atomic mass is 10.2. The van der Waals surface area contributed by atoms with Gasteiger partial charge < -0.3 is 4.42 Å². The minimum absolute atomic E-state index is 0.0827. The standard InChI is InChI=1S/C16H13NO2S2/c1-17-15(18)14(21-16(17)20)10-12-8-9-13(19-12)11-6-4-2-3-5-7-11/h2-4,6-10H,5H2,1H3/b14-10-. The van der Waals surface area contributed by atoms with Crippen molar-refractivity contribution < 1.29 is 9.21 Å². The molecule has 1 amide bonds. The first-order chi connectivity index (χ1) is 10.1. The molecular formula is C16H13NO2S2. The second-order valence-electron chi connectivity index (χ2n) is 4.63. The lowest BCUT2D eigenvalue weighted by Crippen LogP contribution is -2.22. The Morgan fingerprint density at radius 3 is 3.00 bits per heavy atom. The average Bonchev–Trinajstić information content (AvgIpc) is 2.89. The molecule has 1 aromatic heterocycles. The van der Waals surface area contributed by atoms with E-state index in [-0.39, 0.29) is 5.91 Å². The second-order valence-corrected chi connectivity index (χ2v) is 6.30. The summed E-state index contributed by atoms with van der Waals surface area (Å²) < 4.78 is 6.38. The molecule has 1 saturated heterocycles. The van der Waals surface area contributed by atoms with Gasteiger partial charge in [0.25, 0.3) is 5.91 Å². The average molecular weight is 315 g/mol. The van der Waals surface area contributed by atoms with Crippen LogP contribution in [0.5, 0.6) is 0 Å².